The fourth-order valence-corrected chi connectivity index (χ4v) is 3.06. The number of anilines is 1. The maximum absolute atomic E-state index is 12.9. The third-order valence-electron chi connectivity index (χ3n) is 2.88. The minimum Gasteiger partial charge on any atom is -0.310 e. The van der Waals surface area contributed by atoms with Crippen LogP contribution < -0.4 is 4.90 Å². The van der Waals surface area contributed by atoms with Crippen LogP contribution in [0.5, 0.6) is 0 Å². The molecule has 1 atom stereocenters. The van der Waals surface area contributed by atoms with Gasteiger partial charge in [0.05, 0.1) is 11.3 Å². The van der Waals surface area contributed by atoms with Crippen LogP contribution in [0.4, 0.5) is 9.57 Å². The van der Waals surface area contributed by atoms with Crippen LogP contribution in [0, 0.1) is 11.3 Å². The van der Waals surface area contributed by atoms with Gasteiger partial charge in [-0.2, -0.15) is 13.7 Å². The molecule has 1 aliphatic rings. The van der Waals surface area contributed by atoms with Crippen LogP contribution >= 0.6 is 15.9 Å². The summed E-state index contributed by atoms with van der Waals surface area (Å²) in [5, 5.41) is 7.69. The van der Waals surface area contributed by atoms with Crippen LogP contribution in [0.3, 0.4) is 0 Å². The van der Waals surface area contributed by atoms with E-state index in [-0.39, 0.29) is 17.8 Å². The fraction of sp³-hybridized carbons (Fsp3) is 0.273. The zero-order valence-corrected chi connectivity index (χ0v) is 11.9. The summed E-state index contributed by atoms with van der Waals surface area (Å²) in [5.41, 5.74) is 0.501. The molecule has 1 heterocycles. The first kappa shape index (κ1) is 14.0. The summed E-state index contributed by atoms with van der Waals surface area (Å²) in [6.45, 7) is -0.275. The molecule has 19 heavy (non-hydrogen) atoms. The summed E-state index contributed by atoms with van der Waals surface area (Å²) in [6.07, 6.45) is -0.407. The Morgan fingerprint density at radius 2 is 2.16 bits per heavy atom. The number of benzene rings is 1. The van der Waals surface area contributed by atoms with E-state index >= 15 is 0 Å². The molecule has 0 saturated carbocycles. The van der Waals surface area contributed by atoms with Gasteiger partial charge in [-0.15, -0.1) is 3.89 Å². The molecular formula is C11H8BrFN2O3S. The van der Waals surface area contributed by atoms with Crippen LogP contribution in [0.2, 0.25) is 0 Å². The van der Waals surface area contributed by atoms with E-state index in [1.807, 2.05) is 6.07 Å². The Bertz CT molecular complexity index is 684. The van der Waals surface area contributed by atoms with Crippen LogP contribution in [-0.4, -0.2) is 26.1 Å². The van der Waals surface area contributed by atoms with Gasteiger partial charge in [0.2, 0.25) is 5.91 Å². The van der Waals surface area contributed by atoms with Crippen LogP contribution in [0.15, 0.2) is 22.7 Å². The molecule has 1 fully saturated rings. The van der Waals surface area contributed by atoms with Crippen molar-refractivity contribution in [3.05, 3.63) is 28.2 Å². The molecular weight excluding hydrogens is 339 g/mol. The standard InChI is InChI=1S/C11H8BrFN2O3S/c12-9-2-1-3-10(8(9)5-14)15-6-7(4-11(15)16)19(13,17)18/h1-3,7H,4,6H2. The highest BCUT2D eigenvalue weighted by Gasteiger charge is 2.39. The normalized spacial score (nSPS) is 19.5. The van der Waals surface area contributed by atoms with Gasteiger partial charge < -0.3 is 4.90 Å². The Morgan fingerprint density at radius 1 is 1.47 bits per heavy atom. The van der Waals surface area contributed by atoms with Crippen molar-refractivity contribution in [1.29, 1.82) is 5.26 Å². The van der Waals surface area contributed by atoms with Gasteiger partial charge in [-0.3, -0.25) is 4.79 Å². The number of hydrogen-bond acceptors (Lipinski definition) is 4. The first-order chi connectivity index (χ1) is 8.84. The predicted molar refractivity (Wildman–Crippen MR) is 69.6 cm³/mol. The molecule has 0 aliphatic carbocycles. The summed E-state index contributed by atoms with van der Waals surface area (Å²) in [4.78, 5) is 12.9. The highest BCUT2D eigenvalue weighted by molar-refractivity contribution is 9.10. The van der Waals surface area contributed by atoms with E-state index in [9.17, 15) is 17.1 Å². The van der Waals surface area contributed by atoms with Gasteiger partial charge in [-0.1, -0.05) is 6.07 Å². The average Bonchev–Trinajstić information content (AvgIpc) is 2.70. The molecule has 1 aliphatic heterocycles. The molecule has 1 aromatic rings. The first-order valence-electron chi connectivity index (χ1n) is 5.27. The second-order valence-electron chi connectivity index (χ2n) is 4.05. The molecule has 1 aromatic carbocycles. The molecule has 0 aromatic heterocycles. The smallest absolute Gasteiger partial charge is 0.307 e. The van der Waals surface area contributed by atoms with Gasteiger partial charge in [-0.05, 0) is 28.1 Å². The van der Waals surface area contributed by atoms with Crippen molar-refractivity contribution in [3.63, 3.8) is 0 Å². The molecule has 1 saturated heterocycles. The molecule has 0 N–H and O–H groups in total. The Labute approximate surface area is 118 Å². The van der Waals surface area contributed by atoms with Gasteiger partial charge >= 0.3 is 10.2 Å². The highest BCUT2D eigenvalue weighted by atomic mass is 79.9. The van der Waals surface area contributed by atoms with Crippen molar-refractivity contribution in [3.8, 4) is 6.07 Å². The van der Waals surface area contributed by atoms with Crippen molar-refractivity contribution < 1.29 is 17.1 Å². The number of carbonyl (C=O) groups is 1. The highest BCUT2D eigenvalue weighted by Crippen LogP contribution is 2.31. The lowest BCUT2D eigenvalue weighted by Crippen LogP contribution is -2.27. The summed E-state index contributed by atoms with van der Waals surface area (Å²) in [6, 6.07) is 6.70. The van der Waals surface area contributed by atoms with E-state index in [1.54, 1.807) is 12.1 Å². The lowest BCUT2D eigenvalue weighted by Gasteiger charge is -2.18. The quantitative estimate of drug-likeness (QED) is 0.764. The number of halogens is 2. The van der Waals surface area contributed by atoms with Crippen molar-refractivity contribution in [2.75, 3.05) is 11.4 Å². The van der Waals surface area contributed by atoms with Crippen LogP contribution in [0.25, 0.3) is 0 Å². The Kier molecular flexibility index (Phi) is 3.60. The minimum atomic E-state index is -4.76. The van der Waals surface area contributed by atoms with Gasteiger partial charge in [0.1, 0.15) is 11.3 Å². The summed E-state index contributed by atoms with van der Waals surface area (Å²) < 4.78 is 35.1. The van der Waals surface area contributed by atoms with Crippen molar-refractivity contribution in [2.45, 2.75) is 11.7 Å². The SMILES string of the molecule is N#Cc1c(Br)cccc1N1CC(S(=O)(=O)F)CC1=O. The third kappa shape index (κ3) is 2.62. The second kappa shape index (κ2) is 4.90. The summed E-state index contributed by atoms with van der Waals surface area (Å²) in [5.74, 6) is -0.513. The van der Waals surface area contributed by atoms with E-state index in [4.69, 9.17) is 5.26 Å². The molecule has 100 valence electrons. The first-order valence-corrected chi connectivity index (χ1v) is 7.51. The van der Waals surface area contributed by atoms with Gasteiger partial charge in [-0.25, -0.2) is 0 Å². The topological polar surface area (TPSA) is 78.2 Å². The molecule has 1 amide bonds. The van der Waals surface area contributed by atoms with E-state index in [2.05, 4.69) is 15.9 Å². The Morgan fingerprint density at radius 3 is 2.68 bits per heavy atom. The third-order valence-corrected chi connectivity index (χ3v) is 4.65. The molecule has 5 nitrogen and oxygen atoms in total. The number of amides is 1. The molecule has 2 rings (SSSR count). The van der Waals surface area contributed by atoms with Gasteiger partial charge in [0.25, 0.3) is 0 Å². The zero-order chi connectivity index (χ0) is 14.2. The second-order valence-corrected chi connectivity index (χ2v) is 6.52. The molecule has 8 heteroatoms. The molecule has 1 unspecified atom stereocenters. The van der Waals surface area contributed by atoms with E-state index in [1.165, 1.54) is 6.07 Å². The molecule has 0 bridgehead atoms. The maximum atomic E-state index is 12.9. The fourth-order valence-electron chi connectivity index (χ4n) is 1.94. The molecule has 0 radical (unpaired) electrons. The number of hydrogen-bond donors (Lipinski definition) is 0. The van der Waals surface area contributed by atoms with Crippen molar-refractivity contribution >= 4 is 37.7 Å². The monoisotopic (exact) mass is 346 g/mol. The van der Waals surface area contributed by atoms with Gasteiger partial charge in [0.15, 0.2) is 0 Å². The van der Waals surface area contributed by atoms with Crippen molar-refractivity contribution in [2.24, 2.45) is 0 Å². The van der Waals surface area contributed by atoms with Crippen LogP contribution in [0.1, 0.15) is 12.0 Å². The number of rotatable bonds is 2. The average molecular weight is 347 g/mol. The maximum Gasteiger partial charge on any atom is 0.307 e. The van der Waals surface area contributed by atoms with E-state index < -0.39 is 27.8 Å². The Balaban J connectivity index is 2.43. The van der Waals surface area contributed by atoms with Crippen molar-refractivity contribution in [1.82, 2.24) is 0 Å². The van der Waals surface area contributed by atoms with Crippen LogP contribution in [-0.2, 0) is 15.0 Å². The summed E-state index contributed by atoms with van der Waals surface area (Å²) in [7, 11) is -4.76. The predicted octanol–water partition coefficient (Wildman–Crippen LogP) is 1.73. The van der Waals surface area contributed by atoms with E-state index in [0.29, 0.717) is 4.47 Å². The zero-order valence-electron chi connectivity index (χ0n) is 9.51. The summed E-state index contributed by atoms with van der Waals surface area (Å²) >= 11 is 3.18. The lowest BCUT2D eigenvalue weighted by atomic mass is 10.2. The largest absolute Gasteiger partial charge is 0.310 e. The molecule has 0 spiro atoms. The number of nitrogens with zero attached hydrogens (tertiary/aromatic N) is 2. The van der Waals surface area contributed by atoms with Gasteiger partial charge in [0, 0.05) is 17.4 Å². The van der Waals surface area contributed by atoms with E-state index in [0.717, 1.165) is 4.90 Å². The Hall–Kier alpha value is -1.46. The minimum absolute atomic E-state index is 0.216. The lowest BCUT2D eigenvalue weighted by molar-refractivity contribution is -0.117. The number of nitriles is 1. The number of carbonyl (C=O) groups excluding carboxylic acids is 1.